The molecule has 2 unspecified atom stereocenters. The largest absolute Gasteiger partial charge is 0.497 e. The molecule has 92 valence electrons. The highest BCUT2D eigenvalue weighted by molar-refractivity contribution is 5.90. The standard InChI is InChI=1S/C12H16N2O3/c1-8-11(7-13)17-12(15)14(8)9-4-3-5-10(6-9)16-2/h3-6,8,11H,7,13H2,1-2H3. The molecule has 0 aromatic heterocycles. The molecule has 2 atom stereocenters. The lowest BCUT2D eigenvalue weighted by Crippen LogP contribution is -2.37. The van der Waals surface area contributed by atoms with E-state index in [1.165, 1.54) is 0 Å². The molecule has 1 fully saturated rings. The SMILES string of the molecule is COc1cccc(N2C(=O)OC(CN)C2C)c1. The van der Waals surface area contributed by atoms with E-state index in [9.17, 15) is 4.79 Å². The maximum atomic E-state index is 11.8. The van der Waals surface area contributed by atoms with Crippen LogP contribution in [0.3, 0.4) is 0 Å². The molecular weight excluding hydrogens is 220 g/mol. The minimum absolute atomic E-state index is 0.0698. The molecule has 0 radical (unpaired) electrons. The first-order chi connectivity index (χ1) is 8.17. The molecule has 1 amide bonds. The van der Waals surface area contributed by atoms with Gasteiger partial charge in [0, 0.05) is 12.6 Å². The number of cyclic esters (lactones) is 1. The Bertz CT molecular complexity index is 422. The highest BCUT2D eigenvalue weighted by atomic mass is 16.6. The van der Waals surface area contributed by atoms with E-state index in [2.05, 4.69) is 0 Å². The van der Waals surface area contributed by atoms with Gasteiger partial charge in [-0.05, 0) is 19.1 Å². The van der Waals surface area contributed by atoms with Crippen LogP contribution in [0, 0.1) is 0 Å². The zero-order valence-corrected chi connectivity index (χ0v) is 9.92. The lowest BCUT2D eigenvalue weighted by atomic mass is 10.1. The molecule has 1 heterocycles. The predicted octanol–water partition coefficient (Wildman–Crippen LogP) is 1.37. The average molecular weight is 236 g/mol. The molecule has 17 heavy (non-hydrogen) atoms. The third kappa shape index (κ3) is 2.06. The van der Waals surface area contributed by atoms with Gasteiger partial charge in [-0.25, -0.2) is 4.79 Å². The van der Waals surface area contributed by atoms with Crippen LogP contribution < -0.4 is 15.4 Å². The Morgan fingerprint density at radius 3 is 2.88 bits per heavy atom. The molecule has 0 spiro atoms. The highest BCUT2D eigenvalue weighted by Gasteiger charge is 2.38. The second-order valence-electron chi connectivity index (χ2n) is 3.97. The van der Waals surface area contributed by atoms with Gasteiger partial charge in [0.05, 0.1) is 18.8 Å². The topological polar surface area (TPSA) is 64.8 Å². The van der Waals surface area contributed by atoms with Crippen LogP contribution in [0.15, 0.2) is 24.3 Å². The van der Waals surface area contributed by atoms with Gasteiger partial charge in [0.25, 0.3) is 0 Å². The summed E-state index contributed by atoms with van der Waals surface area (Å²) in [6.07, 6.45) is -0.616. The lowest BCUT2D eigenvalue weighted by molar-refractivity contribution is 0.137. The van der Waals surface area contributed by atoms with E-state index in [4.69, 9.17) is 15.2 Å². The van der Waals surface area contributed by atoms with Crippen molar-refractivity contribution in [2.24, 2.45) is 5.73 Å². The Morgan fingerprint density at radius 2 is 2.29 bits per heavy atom. The van der Waals surface area contributed by atoms with Crippen LogP contribution in [0.4, 0.5) is 10.5 Å². The number of nitrogens with two attached hydrogens (primary N) is 1. The van der Waals surface area contributed by atoms with Gasteiger partial charge in [0.15, 0.2) is 0 Å². The number of carbonyl (C=O) groups is 1. The maximum Gasteiger partial charge on any atom is 0.415 e. The minimum Gasteiger partial charge on any atom is -0.497 e. The van der Waals surface area contributed by atoms with Gasteiger partial charge in [-0.15, -0.1) is 0 Å². The Hall–Kier alpha value is -1.75. The van der Waals surface area contributed by atoms with Gasteiger partial charge in [0.2, 0.25) is 0 Å². The van der Waals surface area contributed by atoms with Crippen molar-refractivity contribution in [2.75, 3.05) is 18.6 Å². The van der Waals surface area contributed by atoms with Crippen molar-refractivity contribution in [2.45, 2.75) is 19.1 Å². The first-order valence-electron chi connectivity index (χ1n) is 5.51. The first kappa shape index (κ1) is 11.7. The minimum atomic E-state index is -0.360. The van der Waals surface area contributed by atoms with Crippen LogP contribution in [0.25, 0.3) is 0 Å². The lowest BCUT2D eigenvalue weighted by Gasteiger charge is -2.20. The summed E-state index contributed by atoms with van der Waals surface area (Å²) in [4.78, 5) is 13.4. The highest BCUT2D eigenvalue weighted by Crippen LogP contribution is 2.28. The number of benzene rings is 1. The molecule has 1 aromatic carbocycles. The number of ether oxygens (including phenoxy) is 2. The molecular formula is C12H16N2O3. The molecule has 0 aliphatic carbocycles. The number of amides is 1. The van der Waals surface area contributed by atoms with Crippen molar-refractivity contribution in [1.82, 2.24) is 0 Å². The molecule has 0 saturated carbocycles. The zero-order valence-electron chi connectivity index (χ0n) is 9.92. The molecule has 0 bridgehead atoms. The number of hydrogen-bond acceptors (Lipinski definition) is 4. The van der Waals surface area contributed by atoms with Gasteiger partial charge in [-0.1, -0.05) is 6.07 Å². The monoisotopic (exact) mass is 236 g/mol. The van der Waals surface area contributed by atoms with Crippen LogP contribution in [-0.2, 0) is 4.74 Å². The number of hydrogen-bond donors (Lipinski definition) is 1. The van der Waals surface area contributed by atoms with Gasteiger partial charge in [-0.3, -0.25) is 4.90 Å². The van der Waals surface area contributed by atoms with E-state index in [-0.39, 0.29) is 18.2 Å². The second kappa shape index (κ2) is 4.63. The van der Waals surface area contributed by atoms with Crippen LogP contribution in [-0.4, -0.2) is 31.9 Å². The van der Waals surface area contributed by atoms with Crippen molar-refractivity contribution < 1.29 is 14.3 Å². The van der Waals surface area contributed by atoms with Crippen molar-refractivity contribution in [3.63, 3.8) is 0 Å². The maximum absolute atomic E-state index is 11.8. The van der Waals surface area contributed by atoms with E-state index in [1.807, 2.05) is 25.1 Å². The molecule has 2 rings (SSSR count). The molecule has 5 nitrogen and oxygen atoms in total. The molecule has 5 heteroatoms. The fourth-order valence-corrected chi connectivity index (χ4v) is 1.96. The number of nitrogens with zero attached hydrogens (tertiary/aromatic N) is 1. The number of rotatable bonds is 3. The van der Waals surface area contributed by atoms with E-state index in [0.717, 1.165) is 5.69 Å². The van der Waals surface area contributed by atoms with Crippen LogP contribution in [0.1, 0.15) is 6.92 Å². The van der Waals surface area contributed by atoms with Gasteiger partial charge in [0.1, 0.15) is 11.9 Å². The van der Waals surface area contributed by atoms with Gasteiger partial charge >= 0.3 is 6.09 Å². The average Bonchev–Trinajstić information content (AvgIpc) is 2.64. The molecule has 1 aliphatic rings. The van der Waals surface area contributed by atoms with Gasteiger partial charge in [-0.2, -0.15) is 0 Å². The first-order valence-corrected chi connectivity index (χ1v) is 5.51. The Kier molecular flexibility index (Phi) is 3.19. The van der Waals surface area contributed by atoms with Crippen molar-refractivity contribution in [3.05, 3.63) is 24.3 Å². The number of anilines is 1. The number of methoxy groups -OCH3 is 1. The molecule has 1 aromatic rings. The fraction of sp³-hybridized carbons (Fsp3) is 0.417. The van der Waals surface area contributed by atoms with E-state index in [0.29, 0.717) is 12.3 Å². The van der Waals surface area contributed by atoms with Gasteiger partial charge < -0.3 is 15.2 Å². The van der Waals surface area contributed by atoms with Crippen LogP contribution >= 0.6 is 0 Å². The summed E-state index contributed by atoms with van der Waals surface area (Å²) in [5.41, 5.74) is 6.32. The Balaban J connectivity index is 2.29. The third-order valence-electron chi connectivity index (χ3n) is 2.96. The second-order valence-corrected chi connectivity index (χ2v) is 3.97. The summed E-state index contributed by atoms with van der Waals surface area (Å²) >= 11 is 0. The van der Waals surface area contributed by atoms with Crippen LogP contribution in [0.2, 0.25) is 0 Å². The number of carbonyl (C=O) groups excluding carboxylic acids is 1. The Labute approximate surface area is 100 Å². The predicted molar refractivity (Wildman–Crippen MR) is 64.3 cm³/mol. The zero-order chi connectivity index (χ0) is 12.4. The van der Waals surface area contributed by atoms with E-state index >= 15 is 0 Å². The summed E-state index contributed by atoms with van der Waals surface area (Å²) in [6, 6.07) is 7.25. The quantitative estimate of drug-likeness (QED) is 0.860. The van der Waals surface area contributed by atoms with Crippen molar-refractivity contribution >= 4 is 11.8 Å². The summed E-state index contributed by atoms with van der Waals surface area (Å²) in [5, 5.41) is 0. The van der Waals surface area contributed by atoms with E-state index in [1.54, 1.807) is 18.1 Å². The molecule has 2 N–H and O–H groups in total. The summed E-state index contributed by atoms with van der Waals surface area (Å²) in [6.45, 7) is 2.25. The normalized spacial score (nSPS) is 23.7. The van der Waals surface area contributed by atoms with Crippen molar-refractivity contribution in [3.8, 4) is 5.75 Å². The summed E-state index contributed by atoms with van der Waals surface area (Å²) in [7, 11) is 1.59. The summed E-state index contributed by atoms with van der Waals surface area (Å²) < 4.78 is 10.3. The Morgan fingerprint density at radius 1 is 1.53 bits per heavy atom. The van der Waals surface area contributed by atoms with Crippen LogP contribution in [0.5, 0.6) is 5.75 Å². The smallest absolute Gasteiger partial charge is 0.415 e. The molecule has 1 aliphatic heterocycles. The van der Waals surface area contributed by atoms with Crippen molar-refractivity contribution in [1.29, 1.82) is 0 Å². The summed E-state index contributed by atoms with van der Waals surface area (Å²) in [5.74, 6) is 0.707. The third-order valence-corrected chi connectivity index (χ3v) is 2.96. The van der Waals surface area contributed by atoms with E-state index < -0.39 is 0 Å². The fourth-order valence-electron chi connectivity index (χ4n) is 1.96. The molecule has 1 saturated heterocycles.